The van der Waals surface area contributed by atoms with Gasteiger partial charge in [-0.1, -0.05) is 54.9 Å². The van der Waals surface area contributed by atoms with Crippen LogP contribution < -0.4 is 25.4 Å². The summed E-state index contributed by atoms with van der Waals surface area (Å²) in [5.41, 5.74) is 2.17. The number of hydrogen-bond donors (Lipinski definition) is 3. The number of hydrogen-bond acceptors (Lipinski definition) is 6. The average Bonchev–Trinajstić information content (AvgIpc) is 3.05. The fourth-order valence-corrected chi connectivity index (χ4v) is 5.44. The number of benzene rings is 4. The van der Waals surface area contributed by atoms with E-state index in [-0.39, 0.29) is 11.6 Å². The number of amides is 3. The largest absolute Gasteiger partial charge is 0.495 e. The van der Waals surface area contributed by atoms with Gasteiger partial charge >= 0.3 is 0 Å². The first-order valence-corrected chi connectivity index (χ1v) is 15.6. The molecule has 0 saturated heterocycles. The van der Waals surface area contributed by atoms with Gasteiger partial charge < -0.3 is 25.4 Å². The second-order valence-corrected chi connectivity index (χ2v) is 11.4. The molecule has 0 aliphatic carbocycles. The highest BCUT2D eigenvalue weighted by atomic mass is 35.5. The minimum atomic E-state index is -0.506. The highest BCUT2D eigenvalue weighted by Crippen LogP contribution is 2.32. The van der Waals surface area contributed by atoms with Crippen LogP contribution in [0, 0.1) is 0 Å². The number of carbonyl (C=O) groups is 3. The number of halogens is 1. The number of rotatable bonds is 13. The molecule has 3 amide bonds. The van der Waals surface area contributed by atoms with Gasteiger partial charge in [-0.3, -0.25) is 14.4 Å². The van der Waals surface area contributed by atoms with Crippen molar-refractivity contribution in [3.05, 3.63) is 119 Å². The van der Waals surface area contributed by atoms with Crippen molar-refractivity contribution in [3.8, 4) is 11.5 Å². The van der Waals surface area contributed by atoms with Crippen LogP contribution in [0.2, 0.25) is 5.02 Å². The van der Waals surface area contributed by atoms with E-state index in [1.54, 1.807) is 91.0 Å². The normalized spacial score (nSPS) is 11.7. The molecule has 3 N–H and O–H groups in total. The molecule has 0 aliphatic heterocycles. The van der Waals surface area contributed by atoms with Gasteiger partial charge in [0.05, 0.1) is 24.7 Å². The standard InChI is InChI=1S/C35H34ClN3O5S/c1-4-32(35(42)38-29-21-25(36)16-19-31(29)43-3)45-28-13-9-12-26(22-28)37-34(41)30(39-33(40)24-10-7-6-8-11-24)20-23-14-17-27(18-15-23)44-5-2/h6-22,32H,4-5H2,1-3H3,(H,37,41)(H,38,42)(H,39,40)/b30-20+. The van der Waals surface area contributed by atoms with E-state index in [2.05, 4.69) is 16.0 Å². The summed E-state index contributed by atoms with van der Waals surface area (Å²) >= 11 is 7.49. The number of nitrogens with one attached hydrogen (secondary N) is 3. The second kappa shape index (κ2) is 16.4. The number of thioether (sulfide) groups is 1. The van der Waals surface area contributed by atoms with Crippen LogP contribution in [0.3, 0.4) is 0 Å². The molecule has 4 aromatic rings. The van der Waals surface area contributed by atoms with E-state index in [1.807, 2.05) is 26.0 Å². The third-order valence-electron chi connectivity index (χ3n) is 6.48. The molecule has 0 bridgehead atoms. The molecule has 0 saturated carbocycles. The Morgan fingerprint density at radius 1 is 0.889 bits per heavy atom. The first-order chi connectivity index (χ1) is 21.8. The third-order valence-corrected chi connectivity index (χ3v) is 8.08. The SMILES string of the molecule is CCOc1ccc(/C=C(/NC(=O)c2ccccc2)C(=O)Nc2cccc(SC(CC)C(=O)Nc3cc(Cl)ccc3OC)c2)cc1. The van der Waals surface area contributed by atoms with Crippen LogP contribution in [0.4, 0.5) is 11.4 Å². The fraction of sp³-hybridized carbons (Fsp3) is 0.171. The molecule has 0 heterocycles. The van der Waals surface area contributed by atoms with Crippen molar-refractivity contribution in [1.82, 2.24) is 5.32 Å². The summed E-state index contributed by atoms with van der Waals surface area (Å²) in [7, 11) is 1.52. The Hall–Kier alpha value is -4.73. The maximum atomic E-state index is 13.5. The fourth-order valence-electron chi connectivity index (χ4n) is 4.26. The van der Waals surface area contributed by atoms with Gasteiger partial charge in [-0.25, -0.2) is 0 Å². The Labute approximate surface area is 272 Å². The lowest BCUT2D eigenvalue weighted by molar-refractivity contribution is -0.116. The van der Waals surface area contributed by atoms with Gasteiger partial charge in [0, 0.05) is 21.2 Å². The zero-order chi connectivity index (χ0) is 32.2. The van der Waals surface area contributed by atoms with E-state index in [0.29, 0.717) is 52.1 Å². The van der Waals surface area contributed by atoms with Crippen LogP contribution in [0.1, 0.15) is 36.2 Å². The summed E-state index contributed by atoms with van der Waals surface area (Å²) in [5, 5.41) is 8.58. The molecule has 8 nitrogen and oxygen atoms in total. The van der Waals surface area contributed by atoms with Crippen molar-refractivity contribution < 1.29 is 23.9 Å². The van der Waals surface area contributed by atoms with Gasteiger partial charge in [-0.05, 0) is 85.6 Å². The van der Waals surface area contributed by atoms with Crippen molar-refractivity contribution in [1.29, 1.82) is 0 Å². The van der Waals surface area contributed by atoms with Crippen molar-refractivity contribution in [2.45, 2.75) is 30.4 Å². The van der Waals surface area contributed by atoms with Gasteiger partial charge in [0.2, 0.25) is 5.91 Å². The van der Waals surface area contributed by atoms with E-state index in [0.717, 1.165) is 4.90 Å². The predicted octanol–water partition coefficient (Wildman–Crippen LogP) is 7.67. The van der Waals surface area contributed by atoms with Crippen LogP contribution in [0.15, 0.2) is 108 Å². The topological polar surface area (TPSA) is 106 Å². The quantitative estimate of drug-likeness (QED) is 0.102. The Morgan fingerprint density at radius 3 is 2.33 bits per heavy atom. The molecule has 1 unspecified atom stereocenters. The monoisotopic (exact) mass is 643 g/mol. The van der Waals surface area contributed by atoms with Crippen LogP contribution in [-0.2, 0) is 9.59 Å². The summed E-state index contributed by atoms with van der Waals surface area (Å²) in [6, 6.07) is 28.1. The van der Waals surface area contributed by atoms with E-state index in [1.165, 1.54) is 18.9 Å². The smallest absolute Gasteiger partial charge is 0.272 e. The van der Waals surface area contributed by atoms with E-state index >= 15 is 0 Å². The van der Waals surface area contributed by atoms with Crippen LogP contribution >= 0.6 is 23.4 Å². The average molecular weight is 644 g/mol. The lowest BCUT2D eigenvalue weighted by atomic mass is 10.1. The Balaban J connectivity index is 1.51. The maximum Gasteiger partial charge on any atom is 0.272 e. The zero-order valence-electron chi connectivity index (χ0n) is 25.1. The molecule has 0 aromatic heterocycles. The highest BCUT2D eigenvalue weighted by Gasteiger charge is 2.21. The minimum absolute atomic E-state index is 0.0624. The molecule has 0 spiro atoms. The van der Waals surface area contributed by atoms with Crippen molar-refractivity contribution in [2.24, 2.45) is 0 Å². The molecular formula is C35H34ClN3O5S. The second-order valence-electron chi connectivity index (χ2n) is 9.71. The molecule has 1 atom stereocenters. The number of ether oxygens (including phenoxy) is 2. The van der Waals surface area contributed by atoms with Crippen molar-refractivity contribution in [2.75, 3.05) is 24.4 Å². The summed E-state index contributed by atoms with van der Waals surface area (Å²) in [5.74, 6) is 0.0788. The minimum Gasteiger partial charge on any atom is -0.495 e. The van der Waals surface area contributed by atoms with E-state index in [9.17, 15) is 14.4 Å². The molecule has 0 aliphatic rings. The van der Waals surface area contributed by atoms with Crippen LogP contribution in [-0.4, -0.2) is 36.7 Å². The third kappa shape index (κ3) is 9.63. The molecule has 0 radical (unpaired) electrons. The van der Waals surface area contributed by atoms with Gasteiger partial charge in [0.25, 0.3) is 11.8 Å². The summed E-state index contributed by atoms with van der Waals surface area (Å²) in [4.78, 5) is 40.5. The number of methoxy groups -OCH3 is 1. The van der Waals surface area contributed by atoms with Gasteiger partial charge in [0.15, 0.2) is 0 Å². The van der Waals surface area contributed by atoms with Crippen molar-refractivity contribution in [3.63, 3.8) is 0 Å². The molecular weight excluding hydrogens is 610 g/mol. The lowest BCUT2D eigenvalue weighted by Gasteiger charge is -2.17. The van der Waals surface area contributed by atoms with E-state index in [4.69, 9.17) is 21.1 Å². The maximum absolute atomic E-state index is 13.5. The molecule has 45 heavy (non-hydrogen) atoms. The lowest BCUT2D eigenvalue weighted by Crippen LogP contribution is -2.30. The van der Waals surface area contributed by atoms with Gasteiger partial charge in [-0.15, -0.1) is 11.8 Å². The summed E-state index contributed by atoms with van der Waals surface area (Å²) < 4.78 is 10.9. The predicted molar refractivity (Wildman–Crippen MR) is 181 cm³/mol. The number of anilines is 2. The Morgan fingerprint density at radius 2 is 1.64 bits per heavy atom. The Kier molecular flexibility index (Phi) is 12.1. The number of carbonyl (C=O) groups excluding carboxylic acids is 3. The molecule has 4 rings (SSSR count). The van der Waals surface area contributed by atoms with Crippen LogP contribution in [0.5, 0.6) is 11.5 Å². The van der Waals surface area contributed by atoms with Crippen molar-refractivity contribution >= 4 is 58.5 Å². The molecule has 232 valence electrons. The van der Waals surface area contributed by atoms with Gasteiger partial charge in [-0.2, -0.15) is 0 Å². The van der Waals surface area contributed by atoms with Gasteiger partial charge in [0.1, 0.15) is 17.2 Å². The molecule has 4 aromatic carbocycles. The summed E-state index contributed by atoms with van der Waals surface area (Å²) in [6.07, 6.45) is 2.16. The summed E-state index contributed by atoms with van der Waals surface area (Å²) in [6.45, 7) is 4.36. The highest BCUT2D eigenvalue weighted by molar-refractivity contribution is 8.00. The first kappa shape index (κ1) is 33.2. The first-order valence-electron chi connectivity index (χ1n) is 14.3. The molecule has 10 heteroatoms. The van der Waals surface area contributed by atoms with E-state index < -0.39 is 17.1 Å². The van der Waals surface area contributed by atoms with Crippen LogP contribution in [0.25, 0.3) is 6.08 Å². The molecule has 0 fully saturated rings. The Bertz CT molecular complexity index is 1660. The zero-order valence-corrected chi connectivity index (χ0v) is 26.7.